The number of anilines is 2. The summed E-state index contributed by atoms with van der Waals surface area (Å²) < 4.78 is 23.0. The Morgan fingerprint density at radius 3 is 2.39 bits per heavy atom. The molecule has 3 aromatic rings. The zero-order valence-electron chi connectivity index (χ0n) is 23.6. The summed E-state index contributed by atoms with van der Waals surface area (Å²) in [6.07, 6.45) is 1.70. The molecule has 3 aromatic carbocycles. The van der Waals surface area contributed by atoms with Gasteiger partial charge in [-0.25, -0.2) is 13.6 Å². The lowest BCUT2D eigenvalue weighted by Crippen LogP contribution is -2.42. The lowest BCUT2D eigenvalue weighted by molar-refractivity contribution is -0.120. The number of para-hydroxylation sites is 2. The number of carbonyl (C=O) groups excluding carboxylic acids is 2. The van der Waals surface area contributed by atoms with Crippen LogP contribution in [-0.4, -0.2) is 33.2 Å². The number of nitrogens with one attached hydrogen (secondary N) is 2. The molecule has 0 radical (unpaired) electrons. The molecule has 0 spiro atoms. The van der Waals surface area contributed by atoms with Gasteiger partial charge in [0.1, 0.15) is 0 Å². The molecular formula is C32H36N4O4S. The highest BCUT2D eigenvalue weighted by Gasteiger charge is 2.41. The Bertz CT molecular complexity index is 1610. The number of nitrogens with zero attached hydrogens (tertiary/aromatic N) is 1. The van der Waals surface area contributed by atoms with E-state index in [1.807, 2.05) is 60.4 Å². The first kappa shape index (κ1) is 28.6. The Morgan fingerprint density at radius 1 is 1.02 bits per heavy atom. The molecule has 1 unspecified atom stereocenters. The minimum Gasteiger partial charge on any atom is -0.357 e. The number of fused-ring (bicyclic) bond motifs is 1. The molecule has 0 saturated heterocycles. The summed E-state index contributed by atoms with van der Waals surface area (Å²) in [6, 6.07) is 21.9. The second-order valence-corrected chi connectivity index (χ2v) is 13.3. The van der Waals surface area contributed by atoms with E-state index in [1.165, 1.54) is 12.1 Å². The first-order valence-electron chi connectivity index (χ1n) is 13.8. The van der Waals surface area contributed by atoms with Crippen LogP contribution in [-0.2, 0) is 26.0 Å². The van der Waals surface area contributed by atoms with Crippen LogP contribution in [0.15, 0.2) is 89.0 Å². The molecule has 4 N–H and O–H groups in total. The van der Waals surface area contributed by atoms with Crippen LogP contribution in [0.5, 0.6) is 0 Å². The van der Waals surface area contributed by atoms with E-state index in [4.69, 9.17) is 5.14 Å². The maximum atomic E-state index is 13.8. The van der Waals surface area contributed by atoms with Gasteiger partial charge in [0, 0.05) is 24.2 Å². The quantitative estimate of drug-likeness (QED) is 0.380. The Kier molecular flexibility index (Phi) is 7.76. The van der Waals surface area contributed by atoms with E-state index in [2.05, 4.69) is 24.5 Å². The van der Waals surface area contributed by atoms with Crippen molar-refractivity contribution in [3.63, 3.8) is 0 Å². The standard InChI is InChI=1S/C32H36N4O4S/c1-21-8-12-23(13-9-21)31-30-26(18-32(2,3)19-28(30)37)35-25-6-4-5-7-27(25)36(31)20-29(38)34-17-16-22-10-14-24(15-11-22)41(33,39)40/h4-15,31,35H,16-20H2,1-3H3,(H,34,38)(H2,33,39,40). The van der Waals surface area contributed by atoms with Gasteiger partial charge < -0.3 is 15.5 Å². The molecule has 1 aliphatic heterocycles. The van der Waals surface area contributed by atoms with Crippen molar-refractivity contribution in [2.75, 3.05) is 23.3 Å². The molecule has 214 valence electrons. The molecule has 0 bridgehead atoms. The summed E-state index contributed by atoms with van der Waals surface area (Å²) in [6.45, 7) is 6.68. The highest BCUT2D eigenvalue weighted by molar-refractivity contribution is 7.89. The number of Topliss-reactive ketones (excluding diaryl/α,β-unsaturated/α-hetero) is 1. The van der Waals surface area contributed by atoms with Crippen LogP contribution in [0.1, 0.15) is 49.4 Å². The first-order valence-corrected chi connectivity index (χ1v) is 15.3. The number of aryl methyl sites for hydroxylation is 1. The number of hydrogen-bond donors (Lipinski definition) is 3. The van der Waals surface area contributed by atoms with Crippen LogP contribution in [0.4, 0.5) is 11.4 Å². The molecule has 0 saturated carbocycles. The highest BCUT2D eigenvalue weighted by atomic mass is 32.2. The second-order valence-electron chi connectivity index (χ2n) is 11.7. The summed E-state index contributed by atoms with van der Waals surface area (Å²) >= 11 is 0. The second kappa shape index (κ2) is 11.1. The number of ketones is 1. The maximum absolute atomic E-state index is 13.8. The zero-order valence-corrected chi connectivity index (χ0v) is 24.4. The van der Waals surface area contributed by atoms with E-state index in [9.17, 15) is 18.0 Å². The van der Waals surface area contributed by atoms with Gasteiger partial charge in [-0.15, -0.1) is 0 Å². The lowest BCUT2D eigenvalue weighted by atomic mass is 9.73. The number of amides is 1. The van der Waals surface area contributed by atoms with Crippen molar-refractivity contribution in [3.05, 3.63) is 101 Å². The number of sulfonamides is 1. The van der Waals surface area contributed by atoms with E-state index >= 15 is 0 Å². The fourth-order valence-corrected chi connectivity index (χ4v) is 6.24. The number of hydrogen-bond acceptors (Lipinski definition) is 6. The average molecular weight is 573 g/mol. The Balaban J connectivity index is 1.44. The van der Waals surface area contributed by atoms with Gasteiger partial charge in [-0.1, -0.05) is 67.9 Å². The molecule has 1 atom stereocenters. The minimum absolute atomic E-state index is 0.0506. The molecule has 1 aliphatic carbocycles. The molecular weight excluding hydrogens is 536 g/mol. The number of allylic oxidation sites excluding steroid dienone is 1. The van der Waals surface area contributed by atoms with Crippen molar-refractivity contribution in [1.82, 2.24) is 5.32 Å². The average Bonchev–Trinajstić information content (AvgIpc) is 3.03. The molecule has 5 rings (SSSR count). The Morgan fingerprint density at radius 2 is 1.71 bits per heavy atom. The van der Waals surface area contributed by atoms with E-state index in [1.54, 1.807) is 12.1 Å². The van der Waals surface area contributed by atoms with E-state index < -0.39 is 16.1 Å². The Hall–Kier alpha value is -3.95. The molecule has 2 aliphatic rings. The summed E-state index contributed by atoms with van der Waals surface area (Å²) in [7, 11) is -3.76. The lowest BCUT2D eigenvalue weighted by Gasteiger charge is -2.38. The molecule has 9 heteroatoms. The molecule has 41 heavy (non-hydrogen) atoms. The molecule has 8 nitrogen and oxygen atoms in total. The fraction of sp³-hybridized carbons (Fsp3) is 0.312. The first-order chi connectivity index (χ1) is 19.4. The van der Waals surface area contributed by atoms with Gasteiger partial charge in [-0.2, -0.15) is 0 Å². The molecule has 1 heterocycles. The molecule has 0 aromatic heterocycles. The SMILES string of the molecule is Cc1ccc(C2C3=C(CC(C)(C)CC3=O)Nc3ccccc3N2CC(=O)NCCc2ccc(S(N)(=O)=O)cc2)cc1. The molecule has 1 amide bonds. The monoisotopic (exact) mass is 572 g/mol. The number of primary sulfonamides is 1. The van der Waals surface area contributed by atoms with E-state index in [0.29, 0.717) is 25.0 Å². The number of benzene rings is 3. The predicted molar refractivity (Wildman–Crippen MR) is 161 cm³/mol. The van der Waals surface area contributed by atoms with Gasteiger partial charge in [-0.05, 0) is 60.6 Å². The van der Waals surface area contributed by atoms with Crippen LogP contribution < -0.4 is 20.7 Å². The van der Waals surface area contributed by atoms with Crippen LogP contribution >= 0.6 is 0 Å². The van der Waals surface area contributed by atoms with E-state index in [-0.39, 0.29) is 28.5 Å². The van der Waals surface area contributed by atoms with Gasteiger partial charge in [0.05, 0.1) is 28.9 Å². The predicted octanol–water partition coefficient (Wildman–Crippen LogP) is 4.62. The minimum atomic E-state index is -3.76. The number of nitrogens with two attached hydrogens (primary N) is 1. The number of carbonyl (C=O) groups is 2. The van der Waals surface area contributed by atoms with Crippen molar-refractivity contribution >= 4 is 33.1 Å². The van der Waals surface area contributed by atoms with E-state index in [0.717, 1.165) is 40.2 Å². The van der Waals surface area contributed by atoms with Gasteiger partial charge >= 0.3 is 0 Å². The van der Waals surface area contributed by atoms with Crippen LogP contribution in [0, 0.1) is 12.3 Å². The third-order valence-corrected chi connectivity index (χ3v) is 8.63. The van der Waals surface area contributed by atoms with Crippen molar-refractivity contribution < 1.29 is 18.0 Å². The van der Waals surface area contributed by atoms with Crippen molar-refractivity contribution in [3.8, 4) is 0 Å². The Labute approximate surface area is 241 Å². The molecule has 0 fully saturated rings. The van der Waals surface area contributed by atoms with Gasteiger partial charge in [0.15, 0.2) is 5.78 Å². The van der Waals surface area contributed by atoms with Crippen molar-refractivity contribution in [2.24, 2.45) is 10.6 Å². The third kappa shape index (κ3) is 6.36. The van der Waals surface area contributed by atoms with Gasteiger partial charge in [0.25, 0.3) is 0 Å². The van der Waals surface area contributed by atoms with Gasteiger partial charge in [-0.3, -0.25) is 9.59 Å². The smallest absolute Gasteiger partial charge is 0.239 e. The normalized spacial score (nSPS) is 18.2. The summed E-state index contributed by atoms with van der Waals surface area (Å²) in [5, 5.41) is 11.8. The number of rotatable bonds is 7. The summed E-state index contributed by atoms with van der Waals surface area (Å²) in [4.78, 5) is 29.3. The summed E-state index contributed by atoms with van der Waals surface area (Å²) in [5.41, 5.74) is 6.13. The van der Waals surface area contributed by atoms with Crippen molar-refractivity contribution in [2.45, 2.75) is 51.0 Å². The van der Waals surface area contributed by atoms with Crippen LogP contribution in [0.25, 0.3) is 0 Å². The van der Waals surface area contributed by atoms with Crippen molar-refractivity contribution in [1.29, 1.82) is 0 Å². The van der Waals surface area contributed by atoms with Gasteiger partial charge in [0.2, 0.25) is 15.9 Å². The topological polar surface area (TPSA) is 122 Å². The fourth-order valence-electron chi connectivity index (χ4n) is 5.73. The summed E-state index contributed by atoms with van der Waals surface area (Å²) in [5.74, 6) is -0.0822. The third-order valence-electron chi connectivity index (χ3n) is 7.70. The zero-order chi connectivity index (χ0) is 29.4. The largest absolute Gasteiger partial charge is 0.357 e. The van der Waals surface area contributed by atoms with Crippen LogP contribution in [0.2, 0.25) is 0 Å². The maximum Gasteiger partial charge on any atom is 0.239 e. The highest BCUT2D eigenvalue weighted by Crippen LogP contribution is 2.48. The van der Waals surface area contributed by atoms with Crippen LogP contribution in [0.3, 0.4) is 0 Å².